The lowest BCUT2D eigenvalue weighted by atomic mass is 10.2. The van der Waals surface area contributed by atoms with Gasteiger partial charge in [-0.25, -0.2) is 9.97 Å². The van der Waals surface area contributed by atoms with E-state index in [0.29, 0.717) is 18.2 Å². The van der Waals surface area contributed by atoms with Crippen LogP contribution < -0.4 is 10.6 Å². The number of hydrogen-bond acceptors (Lipinski definition) is 6. The van der Waals surface area contributed by atoms with Crippen molar-refractivity contribution >= 4 is 33.3 Å². The van der Waals surface area contributed by atoms with Crippen LogP contribution in [0.5, 0.6) is 0 Å². The largest absolute Gasteiger partial charge is 0.358 e. The standard InChI is InChI=1S/C15H13N5OS/c21-14-11(4-7-17-14)18-12-9-5-8-22-15(9)20-13(19-12)10-3-1-2-6-16-10/h1-3,5-6,8,11H,4,7H2,(H,17,21)(H,18,19,20). The molecular weight excluding hydrogens is 298 g/mol. The van der Waals surface area contributed by atoms with E-state index in [9.17, 15) is 4.79 Å². The third-order valence-corrected chi connectivity index (χ3v) is 4.39. The van der Waals surface area contributed by atoms with Crippen molar-refractivity contribution in [2.45, 2.75) is 12.5 Å². The third-order valence-electron chi connectivity index (χ3n) is 3.58. The molecule has 1 amide bonds. The van der Waals surface area contributed by atoms with Gasteiger partial charge >= 0.3 is 0 Å². The lowest BCUT2D eigenvalue weighted by Gasteiger charge is -2.12. The molecule has 7 heteroatoms. The molecule has 0 saturated carbocycles. The average molecular weight is 311 g/mol. The van der Waals surface area contributed by atoms with Crippen molar-refractivity contribution in [1.82, 2.24) is 20.3 Å². The van der Waals surface area contributed by atoms with Crippen molar-refractivity contribution < 1.29 is 4.79 Å². The van der Waals surface area contributed by atoms with Crippen LogP contribution in [0.25, 0.3) is 21.7 Å². The van der Waals surface area contributed by atoms with Crippen LogP contribution in [0.15, 0.2) is 35.8 Å². The first-order chi connectivity index (χ1) is 10.8. The number of aromatic nitrogens is 3. The number of rotatable bonds is 3. The monoisotopic (exact) mass is 311 g/mol. The molecule has 4 rings (SSSR count). The number of amides is 1. The Morgan fingerprint density at radius 3 is 3.00 bits per heavy atom. The molecule has 2 N–H and O–H groups in total. The zero-order valence-electron chi connectivity index (χ0n) is 11.6. The molecule has 1 fully saturated rings. The summed E-state index contributed by atoms with van der Waals surface area (Å²) in [5, 5.41) is 8.98. The van der Waals surface area contributed by atoms with Gasteiger partial charge in [-0.15, -0.1) is 11.3 Å². The maximum absolute atomic E-state index is 11.8. The van der Waals surface area contributed by atoms with E-state index in [1.165, 1.54) is 0 Å². The SMILES string of the molecule is O=C1NCCC1Nc1nc(-c2ccccn2)nc2sccc12. The summed E-state index contributed by atoms with van der Waals surface area (Å²) in [5.74, 6) is 1.27. The number of hydrogen-bond donors (Lipinski definition) is 2. The topological polar surface area (TPSA) is 79.8 Å². The van der Waals surface area contributed by atoms with Crippen molar-refractivity contribution in [3.63, 3.8) is 0 Å². The van der Waals surface area contributed by atoms with Crippen molar-refractivity contribution in [2.75, 3.05) is 11.9 Å². The van der Waals surface area contributed by atoms with E-state index >= 15 is 0 Å². The van der Waals surface area contributed by atoms with E-state index in [4.69, 9.17) is 0 Å². The Kier molecular flexibility index (Phi) is 3.19. The Labute approximate surface area is 130 Å². The number of thiophene rings is 1. The molecule has 22 heavy (non-hydrogen) atoms. The highest BCUT2D eigenvalue weighted by Crippen LogP contribution is 2.28. The predicted octanol–water partition coefficient (Wildman–Crippen LogP) is 2.05. The van der Waals surface area contributed by atoms with Crippen LogP contribution in [-0.2, 0) is 4.79 Å². The molecule has 1 aliphatic heterocycles. The molecule has 0 radical (unpaired) electrons. The van der Waals surface area contributed by atoms with Crippen molar-refractivity contribution in [1.29, 1.82) is 0 Å². The van der Waals surface area contributed by atoms with E-state index in [1.54, 1.807) is 17.5 Å². The second kappa shape index (κ2) is 5.34. The lowest BCUT2D eigenvalue weighted by molar-refractivity contribution is -0.119. The Morgan fingerprint density at radius 2 is 2.23 bits per heavy atom. The fourth-order valence-corrected chi connectivity index (χ4v) is 3.24. The Bertz CT molecular complexity index is 832. The molecule has 0 aliphatic carbocycles. The first-order valence-electron chi connectivity index (χ1n) is 7.02. The van der Waals surface area contributed by atoms with Gasteiger partial charge in [-0.1, -0.05) is 6.07 Å². The molecule has 0 bridgehead atoms. The molecule has 3 aromatic rings. The molecular formula is C15H13N5OS. The zero-order chi connectivity index (χ0) is 14.9. The van der Waals surface area contributed by atoms with Crippen LogP contribution in [0, 0.1) is 0 Å². The third kappa shape index (κ3) is 2.29. The number of pyridine rings is 1. The maximum atomic E-state index is 11.8. The Balaban J connectivity index is 1.79. The summed E-state index contributed by atoms with van der Waals surface area (Å²) in [5.41, 5.74) is 0.719. The molecule has 110 valence electrons. The van der Waals surface area contributed by atoms with Gasteiger partial charge in [0.15, 0.2) is 5.82 Å². The van der Waals surface area contributed by atoms with E-state index in [-0.39, 0.29) is 11.9 Å². The first kappa shape index (κ1) is 13.1. The fourth-order valence-electron chi connectivity index (χ4n) is 2.47. The van der Waals surface area contributed by atoms with Gasteiger partial charge in [0, 0.05) is 12.7 Å². The van der Waals surface area contributed by atoms with Crippen LogP contribution in [0.2, 0.25) is 0 Å². The Morgan fingerprint density at radius 1 is 1.27 bits per heavy atom. The number of nitrogens with one attached hydrogen (secondary N) is 2. The highest BCUT2D eigenvalue weighted by atomic mass is 32.1. The minimum absolute atomic E-state index is 0.0152. The number of fused-ring (bicyclic) bond motifs is 1. The summed E-state index contributed by atoms with van der Waals surface area (Å²) >= 11 is 1.55. The normalized spacial score (nSPS) is 17.6. The lowest BCUT2D eigenvalue weighted by Crippen LogP contribution is -2.30. The van der Waals surface area contributed by atoms with Gasteiger partial charge in [0.2, 0.25) is 5.91 Å². The van der Waals surface area contributed by atoms with E-state index in [2.05, 4.69) is 25.6 Å². The molecule has 3 aromatic heterocycles. The molecule has 1 aliphatic rings. The minimum atomic E-state index is -0.241. The minimum Gasteiger partial charge on any atom is -0.358 e. The number of carbonyl (C=O) groups excluding carboxylic acids is 1. The molecule has 6 nitrogen and oxygen atoms in total. The fraction of sp³-hybridized carbons (Fsp3) is 0.200. The summed E-state index contributed by atoms with van der Waals surface area (Å²) in [6.07, 6.45) is 2.47. The van der Waals surface area contributed by atoms with Gasteiger partial charge in [0.1, 0.15) is 22.4 Å². The molecule has 1 unspecified atom stereocenters. The smallest absolute Gasteiger partial charge is 0.242 e. The van der Waals surface area contributed by atoms with Crippen LogP contribution in [0.1, 0.15) is 6.42 Å². The number of carbonyl (C=O) groups is 1. The Hall–Kier alpha value is -2.54. The van der Waals surface area contributed by atoms with E-state index in [1.807, 2.05) is 29.6 Å². The molecule has 0 spiro atoms. The predicted molar refractivity (Wildman–Crippen MR) is 85.7 cm³/mol. The van der Waals surface area contributed by atoms with Crippen LogP contribution in [-0.4, -0.2) is 33.4 Å². The summed E-state index contributed by atoms with van der Waals surface area (Å²) in [6, 6.07) is 7.37. The zero-order valence-corrected chi connectivity index (χ0v) is 12.4. The summed E-state index contributed by atoms with van der Waals surface area (Å²) in [6.45, 7) is 0.696. The van der Waals surface area contributed by atoms with Gasteiger partial charge in [-0.2, -0.15) is 0 Å². The quantitative estimate of drug-likeness (QED) is 0.774. The molecule has 1 atom stereocenters. The summed E-state index contributed by atoms with van der Waals surface area (Å²) in [7, 11) is 0. The van der Waals surface area contributed by atoms with Gasteiger partial charge in [-0.05, 0) is 30.0 Å². The second-order valence-electron chi connectivity index (χ2n) is 5.03. The van der Waals surface area contributed by atoms with Gasteiger partial charge in [0.05, 0.1) is 5.39 Å². The second-order valence-corrected chi connectivity index (χ2v) is 5.92. The van der Waals surface area contributed by atoms with Gasteiger partial charge in [-0.3, -0.25) is 9.78 Å². The summed E-state index contributed by atoms with van der Waals surface area (Å²) < 4.78 is 0. The van der Waals surface area contributed by atoms with Crippen LogP contribution >= 0.6 is 11.3 Å². The molecule has 0 aromatic carbocycles. The van der Waals surface area contributed by atoms with Gasteiger partial charge in [0.25, 0.3) is 0 Å². The number of anilines is 1. The van der Waals surface area contributed by atoms with E-state index < -0.39 is 0 Å². The average Bonchev–Trinajstić information content (AvgIpc) is 3.17. The highest BCUT2D eigenvalue weighted by molar-refractivity contribution is 7.16. The summed E-state index contributed by atoms with van der Waals surface area (Å²) in [4.78, 5) is 26.1. The van der Waals surface area contributed by atoms with Crippen molar-refractivity contribution in [3.05, 3.63) is 35.8 Å². The van der Waals surface area contributed by atoms with Crippen LogP contribution in [0.4, 0.5) is 5.82 Å². The first-order valence-corrected chi connectivity index (χ1v) is 7.90. The molecule has 1 saturated heterocycles. The highest BCUT2D eigenvalue weighted by Gasteiger charge is 2.25. The van der Waals surface area contributed by atoms with Gasteiger partial charge < -0.3 is 10.6 Å². The number of nitrogens with zero attached hydrogens (tertiary/aromatic N) is 3. The van der Waals surface area contributed by atoms with E-state index in [0.717, 1.165) is 22.3 Å². The maximum Gasteiger partial charge on any atom is 0.242 e. The molecule has 4 heterocycles. The van der Waals surface area contributed by atoms with Crippen molar-refractivity contribution in [3.8, 4) is 11.5 Å². The van der Waals surface area contributed by atoms with Crippen molar-refractivity contribution in [2.24, 2.45) is 0 Å². The van der Waals surface area contributed by atoms with Crippen LogP contribution in [0.3, 0.4) is 0 Å².